The Labute approximate surface area is 125 Å². The van der Waals surface area contributed by atoms with Crippen LogP contribution in [0.5, 0.6) is 5.75 Å². The summed E-state index contributed by atoms with van der Waals surface area (Å²) in [6.07, 6.45) is -0.00894. The van der Waals surface area contributed by atoms with Gasteiger partial charge in [-0.2, -0.15) is 0 Å². The normalized spacial score (nSPS) is 18.5. The van der Waals surface area contributed by atoms with Gasteiger partial charge < -0.3 is 9.84 Å². The fourth-order valence-electron chi connectivity index (χ4n) is 2.52. The first-order valence-electron chi connectivity index (χ1n) is 6.47. The summed E-state index contributed by atoms with van der Waals surface area (Å²) in [7, 11) is 0. The lowest BCUT2D eigenvalue weighted by molar-refractivity contribution is 0.214. The molecule has 0 saturated heterocycles. The maximum Gasteiger partial charge on any atom is 0.129 e. The predicted octanol–water partition coefficient (Wildman–Crippen LogP) is 3.99. The first-order chi connectivity index (χ1) is 9.54. The van der Waals surface area contributed by atoms with E-state index in [0.29, 0.717) is 5.56 Å². The molecule has 20 heavy (non-hydrogen) atoms. The molecule has 104 valence electrons. The smallest absolute Gasteiger partial charge is 0.129 e. The predicted molar refractivity (Wildman–Crippen MR) is 78.4 cm³/mol. The molecule has 4 heteroatoms. The average Bonchev–Trinajstić information content (AvgIpc) is 2.79. The second kappa shape index (κ2) is 5.19. The van der Waals surface area contributed by atoms with E-state index in [-0.39, 0.29) is 11.7 Å². The molecule has 1 aliphatic rings. The van der Waals surface area contributed by atoms with Crippen LogP contribution in [0.2, 0.25) is 0 Å². The largest absolute Gasteiger partial charge is 0.490 e. The van der Waals surface area contributed by atoms with Gasteiger partial charge in [0.05, 0.1) is 0 Å². The van der Waals surface area contributed by atoms with Crippen molar-refractivity contribution in [1.82, 2.24) is 0 Å². The molecule has 2 aromatic rings. The van der Waals surface area contributed by atoms with E-state index < -0.39 is 11.9 Å². The fraction of sp³-hybridized carbons (Fsp3) is 0.250. The average molecular weight is 337 g/mol. The Hall–Kier alpha value is -1.39. The highest BCUT2D eigenvalue weighted by Gasteiger charge is 2.22. The molecule has 2 atom stereocenters. The molecule has 2 nitrogen and oxygen atoms in total. The summed E-state index contributed by atoms with van der Waals surface area (Å²) in [6, 6.07) is 10.1. The van der Waals surface area contributed by atoms with Gasteiger partial charge in [0.25, 0.3) is 0 Å². The summed E-state index contributed by atoms with van der Waals surface area (Å²) in [5.74, 6) is 0.439. The molecule has 0 spiro atoms. The Morgan fingerprint density at radius 1 is 1.30 bits per heavy atom. The summed E-state index contributed by atoms with van der Waals surface area (Å²) in [5.41, 5.74) is 2.01. The Kier molecular flexibility index (Phi) is 3.52. The van der Waals surface area contributed by atoms with Crippen molar-refractivity contribution in [3.05, 3.63) is 63.4 Å². The van der Waals surface area contributed by atoms with E-state index in [0.717, 1.165) is 22.2 Å². The third kappa shape index (κ3) is 2.45. The lowest BCUT2D eigenvalue weighted by Gasteiger charge is -2.14. The number of rotatable bonds is 2. The zero-order chi connectivity index (χ0) is 14.3. The highest BCUT2D eigenvalue weighted by molar-refractivity contribution is 9.10. The third-order valence-electron chi connectivity index (χ3n) is 3.49. The molecule has 0 aromatic heterocycles. The van der Waals surface area contributed by atoms with Crippen LogP contribution < -0.4 is 4.74 Å². The molecule has 0 bridgehead atoms. The highest BCUT2D eigenvalue weighted by Crippen LogP contribution is 2.33. The zero-order valence-electron chi connectivity index (χ0n) is 10.9. The van der Waals surface area contributed by atoms with Crippen LogP contribution in [-0.2, 0) is 6.42 Å². The topological polar surface area (TPSA) is 29.5 Å². The molecule has 0 amide bonds. The van der Waals surface area contributed by atoms with Crippen LogP contribution in [0.3, 0.4) is 0 Å². The van der Waals surface area contributed by atoms with Crippen molar-refractivity contribution < 1.29 is 14.2 Å². The first kappa shape index (κ1) is 13.6. The summed E-state index contributed by atoms with van der Waals surface area (Å²) in [5, 5.41) is 10.4. The molecule has 1 N–H and O–H groups in total. The molecular formula is C16H14BrFO2. The molecule has 0 radical (unpaired) electrons. The number of aliphatic hydroxyl groups is 1. The third-order valence-corrected chi connectivity index (χ3v) is 3.98. The van der Waals surface area contributed by atoms with E-state index in [4.69, 9.17) is 4.74 Å². The van der Waals surface area contributed by atoms with Gasteiger partial charge in [-0.15, -0.1) is 0 Å². The summed E-state index contributed by atoms with van der Waals surface area (Å²) >= 11 is 3.30. The second-order valence-corrected chi connectivity index (χ2v) is 5.98. The number of aliphatic hydroxyl groups excluding tert-OH is 1. The molecule has 2 unspecified atom stereocenters. The summed E-state index contributed by atoms with van der Waals surface area (Å²) < 4.78 is 20.2. The summed E-state index contributed by atoms with van der Waals surface area (Å²) in [4.78, 5) is 0. The van der Waals surface area contributed by atoms with Crippen LogP contribution in [-0.4, -0.2) is 11.2 Å². The van der Waals surface area contributed by atoms with E-state index in [1.54, 1.807) is 18.2 Å². The molecular weight excluding hydrogens is 323 g/mol. The van der Waals surface area contributed by atoms with Crippen molar-refractivity contribution in [1.29, 1.82) is 0 Å². The Morgan fingerprint density at radius 2 is 2.10 bits per heavy atom. The highest BCUT2D eigenvalue weighted by atomic mass is 79.9. The molecule has 0 saturated carbocycles. The standard InChI is InChI=1S/C16H14BrFO2/c1-9-6-11-7-10(2-5-15(11)20-9)16(19)13-8-12(17)3-4-14(13)18/h2-5,7-9,16,19H,6H2,1H3. The number of fused-ring (bicyclic) bond motifs is 1. The number of halogens is 2. The quantitative estimate of drug-likeness (QED) is 0.898. The van der Waals surface area contributed by atoms with E-state index in [1.807, 2.05) is 19.1 Å². The molecule has 3 rings (SSSR count). The van der Waals surface area contributed by atoms with E-state index in [1.165, 1.54) is 6.07 Å². The Morgan fingerprint density at radius 3 is 2.90 bits per heavy atom. The van der Waals surface area contributed by atoms with E-state index in [9.17, 15) is 9.50 Å². The monoisotopic (exact) mass is 336 g/mol. The van der Waals surface area contributed by atoms with Gasteiger partial charge >= 0.3 is 0 Å². The lowest BCUT2D eigenvalue weighted by atomic mass is 9.98. The molecule has 0 aliphatic carbocycles. The number of hydrogen-bond donors (Lipinski definition) is 1. The van der Waals surface area contributed by atoms with Gasteiger partial charge in [-0.25, -0.2) is 4.39 Å². The van der Waals surface area contributed by atoms with Crippen molar-refractivity contribution in [3.8, 4) is 5.75 Å². The molecule has 1 aliphatic heterocycles. The maximum atomic E-state index is 13.8. The van der Waals surface area contributed by atoms with Gasteiger partial charge in [-0.3, -0.25) is 0 Å². The SMILES string of the molecule is CC1Cc2cc(C(O)c3cc(Br)ccc3F)ccc2O1. The van der Waals surface area contributed by atoms with Gasteiger partial charge in [0.2, 0.25) is 0 Å². The van der Waals surface area contributed by atoms with Crippen LogP contribution >= 0.6 is 15.9 Å². The zero-order valence-corrected chi connectivity index (χ0v) is 12.5. The van der Waals surface area contributed by atoms with Crippen molar-refractivity contribution in [2.75, 3.05) is 0 Å². The number of benzene rings is 2. The minimum atomic E-state index is -0.978. The van der Waals surface area contributed by atoms with Gasteiger partial charge in [0.1, 0.15) is 23.8 Å². The van der Waals surface area contributed by atoms with Crippen LogP contribution in [0, 0.1) is 5.82 Å². The van der Waals surface area contributed by atoms with Gasteiger partial charge in [-0.1, -0.05) is 22.0 Å². The Balaban J connectivity index is 1.97. The minimum absolute atomic E-state index is 0.153. The Bertz CT molecular complexity index is 657. The second-order valence-electron chi connectivity index (χ2n) is 5.07. The van der Waals surface area contributed by atoms with Crippen LogP contribution in [0.15, 0.2) is 40.9 Å². The van der Waals surface area contributed by atoms with Crippen molar-refractivity contribution in [2.24, 2.45) is 0 Å². The van der Waals surface area contributed by atoms with E-state index >= 15 is 0 Å². The van der Waals surface area contributed by atoms with E-state index in [2.05, 4.69) is 15.9 Å². The molecule has 2 aromatic carbocycles. The van der Waals surface area contributed by atoms with Gasteiger partial charge in [0.15, 0.2) is 0 Å². The maximum absolute atomic E-state index is 13.8. The van der Waals surface area contributed by atoms with Crippen LogP contribution in [0.4, 0.5) is 4.39 Å². The van der Waals surface area contributed by atoms with Crippen LogP contribution in [0.1, 0.15) is 29.7 Å². The van der Waals surface area contributed by atoms with Crippen LogP contribution in [0.25, 0.3) is 0 Å². The van der Waals surface area contributed by atoms with Crippen molar-refractivity contribution in [2.45, 2.75) is 25.6 Å². The molecule has 1 heterocycles. The van der Waals surface area contributed by atoms with Crippen molar-refractivity contribution >= 4 is 15.9 Å². The van der Waals surface area contributed by atoms with Crippen molar-refractivity contribution in [3.63, 3.8) is 0 Å². The fourth-order valence-corrected chi connectivity index (χ4v) is 2.89. The lowest BCUT2D eigenvalue weighted by Crippen LogP contribution is -2.05. The first-order valence-corrected chi connectivity index (χ1v) is 7.26. The number of hydrogen-bond acceptors (Lipinski definition) is 2. The summed E-state index contributed by atoms with van der Waals surface area (Å²) in [6.45, 7) is 2.00. The number of ether oxygens (including phenoxy) is 1. The molecule has 0 fully saturated rings. The minimum Gasteiger partial charge on any atom is -0.490 e. The van der Waals surface area contributed by atoms with Gasteiger partial charge in [0, 0.05) is 16.5 Å². The van der Waals surface area contributed by atoms with Gasteiger partial charge in [-0.05, 0) is 48.4 Å².